The number of aromatic nitrogens is 4. The maximum atomic E-state index is 6.06. The van der Waals surface area contributed by atoms with Gasteiger partial charge in [0.05, 0.1) is 17.1 Å². The molecule has 5 heteroatoms. The van der Waals surface area contributed by atoms with E-state index in [1.165, 1.54) is 0 Å². The number of rotatable bonds is 3. The Bertz CT molecular complexity index is 1300. The molecule has 138 valence electrons. The molecule has 0 unspecified atom stereocenters. The molecule has 0 radical (unpaired) electrons. The first kappa shape index (κ1) is 17.5. The lowest BCUT2D eigenvalue weighted by molar-refractivity contribution is 1.16. The topological polar surface area (TPSA) is 51.6 Å². The Balaban J connectivity index is 1.71. The van der Waals surface area contributed by atoms with Gasteiger partial charge in [-0.3, -0.25) is 9.97 Å². The molecule has 0 aliphatic heterocycles. The van der Waals surface area contributed by atoms with Crippen LogP contribution in [0.25, 0.3) is 44.8 Å². The van der Waals surface area contributed by atoms with Gasteiger partial charge in [-0.25, -0.2) is 9.97 Å². The van der Waals surface area contributed by atoms with Gasteiger partial charge >= 0.3 is 0 Å². The van der Waals surface area contributed by atoms with Gasteiger partial charge in [0, 0.05) is 45.5 Å². The summed E-state index contributed by atoms with van der Waals surface area (Å²) in [5.74, 6) is 0.654. The summed E-state index contributed by atoms with van der Waals surface area (Å²) in [6, 6.07) is 23.5. The summed E-state index contributed by atoms with van der Waals surface area (Å²) < 4.78 is 0. The highest BCUT2D eigenvalue weighted by Gasteiger charge is 2.12. The molecule has 2 aromatic carbocycles. The number of hydrogen-bond donors (Lipinski definition) is 0. The van der Waals surface area contributed by atoms with E-state index in [2.05, 4.69) is 9.97 Å². The lowest BCUT2D eigenvalue weighted by Gasteiger charge is -2.09. The molecule has 3 aromatic heterocycles. The van der Waals surface area contributed by atoms with Crippen molar-refractivity contribution in [1.82, 2.24) is 19.9 Å². The second-order valence-corrected chi connectivity index (χ2v) is 7.06. The van der Waals surface area contributed by atoms with Crippen LogP contribution in [0.15, 0.2) is 91.4 Å². The van der Waals surface area contributed by atoms with Crippen LogP contribution in [0, 0.1) is 0 Å². The molecular weight excluding hydrogens is 380 g/mol. The maximum Gasteiger partial charge on any atom is 0.160 e. The normalized spacial score (nSPS) is 10.9. The minimum atomic E-state index is 0.654. The molecular formula is C24H15ClN4. The standard InChI is InChI=1S/C24H15ClN4/c25-20-8-6-16(7-9-20)21-13-23(29-24(28-21)17-4-2-1-3-5-17)22-12-19-14-26-11-10-18(19)15-27-22/h1-15H. The largest absolute Gasteiger partial charge is 0.264 e. The molecule has 5 rings (SSSR count). The fourth-order valence-electron chi connectivity index (χ4n) is 3.18. The summed E-state index contributed by atoms with van der Waals surface area (Å²) in [4.78, 5) is 18.4. The highest BCUT2D eigenvalue weighted by molar-refractivity contribution is 6.30. The van der Waals surface area contributed by atoms with Gasteiger partial charge in [0.1, 0.15) is 0 Å². The van der Waals surface area contributed by atoms with Gasteiger partial charge in [-0.1, -0.05) is 54.1 Å². The van der Waals surface area contributed by atoms with Gasteiger partial charge < -0.3 is 0 Å². The quantitative estimate of drug-likeness (QED) is 0.372. The third kappa shape index (κ3) is 3.58. The molecule has 29 heavy (non-hydrogen) atoms. The fourth-order valence-corrected chi connectivity index (χ4v) is 3.31. The minimum Gasteiger partial charge on any atom is -0.264 e. The summed E-state index contributed by atoms with van der Waals surface area (Å²) in [5, 5.41) is 2.75. The summed E-state index contributed by atoms with van der Waals surface area (Å²) in [5.41, 5.74) is 4.28. The molecule has 3 heterocycles. The number of fused-ring (bicyclic) bond motifs is 1. The van der Waals surface area contributed by atoms with Gasteiger partial charge in [-0.15, -0.1) is 0 Å². The van der Waals surface area contributed by atoms with Crippen molar-refractivity contribution in [2.75, 3.05) is 0 Å². The highest BCUT2D eigenvalue weighted by Crippen LogP contribution is 2.28. The van der Waals surface area contributed by atoms with E-state index in [0.717, 1.165) is 39.0 Å². The van der Waals surface area contributed by atoms with Gasteiger partial charge in [-0.05, 0) is 30.3 Å². The fraction of sp³-hybridized carbons (Fsp3) is 0. The highest BCUT2D eigenvalue weighted by atomic mass is 35.5. The summed E-state index contributed by atoms with van der Waals surface area (Å²) in [7, 11) is 0. The number of halogens is 1. The molecule has 0 amide bonds. The Labute approximate surface area is 172 Å². The molecule has 0 saturated carbocycles. The van der Waals surface area contributed by atoms with Crippen LogP contribution in [0.2, 0.25) is 5.02 Å². The Morgan fingerprint density at radius 1 is 0.621 bits per heavy atom. The molecule has 5 aromatic rings. The van der Waals surface area contributed by atoms with Crippen molar-refractivity contribution in [2.24, 2.45) is 0 Å². The predicted molar refractivity (Wildman–Crippen MR) is 116 cm³/mol. The first-order valence-electron chi connectivity index (χ1n) is 9.17. The summed E-state index contributed by atoms with van der Waals surface area (Å²) in [6.45, 7) is 0. The lowest BCUT2D eigenvalue weighted by atomic mass is 10.1. The molecule has 0 aliphatic rings. The molecule has 0 fully saturated rings. The zero-order valence-electron chi connectivity index (χ0n) is 15.3. The Hall–Kier alpha value is -3.63. The van der Waals surface area contributed by atoms with E-state index in [9.17, 15) is 0 Å². The Morgan fingerprint density at radius 2 is 1.41 bits per heavy atom. The van der Waals surface area contributed by atoms with Gasteiger partial charge in [0.2, 0.25) is 0 Å². The molecule has 4 nitrogen and oxygen atoms in total. The van der Waals surface area contributed by atoms with Crippen molar-refractivity contribution in [2.45, 2.75) is 0 Å². The second kappa shape index (κ2) is 7.41. The van der Waals surface area contributed by atoms with Crippen LogP contribution < -0.4 is 0 Å². The van der Waals surface area contributed by atoms with Crippen LogP contribution in [-0.4, -0.2) is 19.9 Å². The van der Waals surface area contributed by atoms with Crippen LogP contribution >= 0.6 is 11.6 Å². The van der Waals surface area contributed by atoms with Crippen molar-refractivity contribution < 1.29 is 0 Å². The smallest absolute Gasteiger partial charge is 0.160 e. The molecule has 0 N–H and O–H groups in total. The van der Waals surface area contributed by atoms with E-state index < -0.39 is 0 Å². The van der Waals surface area contributed by atoms with Gasteiger partial charge in [-0.2, -0.15) is 0 Å². The Kier molecular flexibility index (Phi) is 4.47. The maximum absolute atomic E-state index is 6.06. The predicted octanol–water partition coefficient (Wildman–Crippen LogP) is 6.07. The molecule has 0 bridgehead atoms. The minimum absolute atomic E-state index is 0.654. The van der Waals surface area contributed by atoms with Crippen LogP contribution in [0.5, 0.6) is 0 Å². The average Bonchev–Trinajstić information content (AvgIpc) is 2.79. The van der Waals surface area contributed by atoms with E-state index in [4.69, 9.17) is 21.6 Å². The average molecular weight is 395 g/mol. The van der Waals surface area contributed by atoms with Gasteiger partial charge in [0.25, 0.3) is 0 Å². The van der Waals surface area contributed by atoms with Crippen molar-refractivity contribution in [1.29, 1.82) is 0 Å². The van der Waals surface area contributed by atoms with Crippen molar-refractivity contribution >= 4 is 22.4 Å². The molecule has 0 aliphatic carbocycles. The number of nitrogens with zero attached hydrogens (tertiary/aromatic N) is 4. The summed E-state index contributed by atoms with van der Waals surface area (Å²) >= 11 is 6.06. The lowest BCUT2D eigenvalue weighted by Crippen LogP contribution is -1.97. The van der Waals surface area contributed by atoms with Crippen molar-refractivity contribution in [3.05, 3.63) is 96.4 Å². The third-order valence-electron chi connectivity index (χ3n) is 4.68. The first-order valence-corrected chi connectivity index (χ1v) is 9.55. The van der Waals surface area contributed by atoms with E-state index in [-0.39, 0.29) is 0 Å². The van der Waals surface area contributed by atoms with E-state index in [1.807, 2.05) is 85.2 Å². The van der Waals surface area contributed by atoms with Crippen LogP contribution in [0.1, 0.15) is 0 Å². The van der Waals surface area contributed by atoms with Crippen LogP contribution in [0.3, 0.4) is 0 Å². The Morgan fingerprint density at radius 3 is 2.24 bits per heavy atom. The number of pyridine rings is 2. The first-order chi connectivity index (χ1) is 14.3. The van der Waals surface area contributed by atoms with E-state index in [0.29, 0.717) is 10.8 Å². The third-order valence-corrected chi connectivity index (χ3v) is 4.93. The number of benzene rings is 2. The zero-order chi connectivity index (χ0) is 19.6. The van der Waals surface area contributed by atoms with Gasteiger partial charge in [0.15, 0.2) is 5.82 Å². The zero-order valence-corrected chi connectivity index (χ0v) is 16.1. The van der Waals surface area contributed by atoms with E-state index in [1.54, 1.807) is 6.20 Å². The summed E-state index contributed by atoms with van der Waals surface area (Å²) in [6.07, 6.45) is 5.44. The van der Waals surface area contributed by atoms with Crippen molar-refractivity contribution in [3.63, 3.8) is 0 Å². The molecule has 0 atom stereocenters. The monoisotopic (exact) mass is 394 g/mol. The van der Waals surface area contributed by atoms with Crippen LogP contribution in [0.4, 0.5) is 0 Å². The SMILES string of the molecule is Clc1ccc(-c2cc(-c3cc4cnccc4cn3)nc(-c3ccccc3)n2)cc1. The van der Waals surface area contributed by atoms with E-state index >= 15 is 0 Å². The molecule has 0 spiro atoms. The van der Waals surface area contributed by atoms with Crippen molar-refractivity contribution in [3.8, 4) is 34.0 Å². The second-order valence-electron chi connectivity index (χ2n) is 6.63. The molecule has 0 saturated heterocycles. The number of hydrogen-bond acceptors (Lipinski definition) is 4. The van der Waals surface area contributed by atoms with Crippen LogP contribution in [-0.2, 0) is 0 Å².